The van der Waals surface area contributed by atoms with E-state index in [4.69, 9.17) is 11.6 Å². The molecule has 1 atom stereocenters. The van der Waals surface area contributed by atoms with E-state index in [1.165, 1.54) is 74.7 Å². The smallest absolute Gasteiger partial charge is 0.229 e. The normalized spacial score (nSPS) is 20.7. The van der Waals surface area contributed by atoms with Crippen LogP contribution in [0.5, 0.6) is 0 Å². The summed E-state index contributed by atoms with van der Waals surface area (Å²) >= 11 is 6.39. The maximum absolute atomic E-state index is 13.9. The Bertz CT molecular complexity index is 1420. The molecule has 1 saturated carbocycles. The van der Waals surface area contributed by atoms with Crippen LogP contribution < -0.4 is 15.9 Å². The standard InChI is InChI=1S/C29H34ClFN5OP/c1-38(2,37)26-16-21(31)6-10-25(26)34-27-24(30)17-32-28(35-27)33-22-7-3-19-4-8-23(9-5-20(19)15-22)36-14-13-29(18-36)11-12-29/h3,6-7,10,15-17,23H,4-5,8-9,11-14,18H2,1-2H3,(H2,32,33,34,35). The van der Waals surface area contributed by atoms with Crippen molar-refractivity contribution in [2.45, 2.75) is 51.0 Å². The number of nitrogens with one attached hydrogen (secondary N) is 2. The summed E-state index contributed by atoms with van der Waals surface area (Å²) in [4.78, 5) is 11.7. The van der Waals surface area contributed by atoms with Crippen molar-refractivity contribution >= 4 is 47.2 Å². The lowest BCUT2D eigenvalue weighted by Crippen LogP contribution is -2.33. The molecule has 2 fully saturated rings. The SMILES string of the molecule is CP(C)(=O)c1cc(F)ccc1Nc1nc(Nc2ccc3c(c2)CCC(N2CCC4(CC4)C2)CC3)ncc1Cl. The zero-order chi connectivity index (χ0) is 26.5. The molecule has 6 nitrogen and oxygen atoms in total. The number of nitrogens with zero attached hydrogens (tertiary/aromatic N) is 3. The second-order valence-electron chi connectivity index (χ2n) is 11.6. The maximum atomic E-state index is 13.9. The first kappa shape index (κ1) is 25.8. The molecular weight excluding hydrogens is 520 g/mol. The molecule has 2 aromatic carbocycles. The first-order valence-electron chi connectivity index (χ1n) is 13.5. The molecule has 2 aliphatic carbocycles. The van der Waals surface area contributed by atoms with Crippen molar-refractivity contribution in [3.8, 4) is 0 Å². The highest BCUT2D eigenvalue weighted by Gasteiger charge is 2.48. The average Bonchev–Trinajstić information content (AvgIpc) is 3.56. The van der Waals surface area contributed by atoms with Crippen molar-refractivity contribution in [2.75, 3.05) is 37.1 Å². The zero-order valence-electron chi connectivity index (χ0n) is 21.9. The Kier molecular flexibility index (Phi) is 6.74. The van der Waals surface area contributed by atoms with Crippen LogP contribution in [0.15, 0.2) is 42.6 Å². The molecule has 0 bridgehead atoms. The van der Waals surface area contributed by atoms with E-state index in [1.54, 1.807) is 19.4 Å². The second-order valence-corrected chi connectivity index (χ2v) is 15.2. The van der Waals surface area contributed by atoms with Gasteiger partial charge >= 0.3 is 0 Å². The number of aryl methyl sites for hydroxylation is 2. The Hall–Kier alpha value is -2.47. The first-order valence-corrected chi connectivity index (χ1v) is 16.4. The van der Waals surface area contributed by atoms with Gasteiger partial charge in [0.1, 0.15) is 18.0 Å². The quantitative estimate of drug-likeness (QED) is 0.260. The number of aromatic nitrogens is 2. The molecule has 9 heteroatoms. The largest absolute Gasteiger partial charge is 0.338 e. The summed E-state index contributed by atoms with van der Waals surface area (Å²) in [5.74, 6) is 0.324. The fraction of sp³-hybridized carbons (Fsp3) is 0.448. The van der Waals surface area contributed by atoms with Crippen molar-refractivity contribution in [3.05, 3.63) is 64.6 Å². The second kappa shape index (κ2) is 9.93. The molecule has 2 heterocycles. The van der Waals surface area contributed by atoms with Crippen LogP contribution in [0.25, 0.3) is 0 Å². The van der Waals surface area contributed by atoms with Gasteiger partial charge < -0.3 is 15.2 Å². The summed E-state index contributed by atoms with van der Waals surface area (Å²) in [6.07, 6.45) is 10.4. The molecular formula is C29H34ClFN5OP. The number of hydrogen-bond acceptors (Lipinski definition) is 6. The molecule has 1 spiro atoms. The van der Waals surface area contributed by atoms with Gasteiger partial charge in [0, 0.05) is 23.6 Å². The van der Waals surface area contributed by atoms with E-state index >= 15 is 0 Å². The predicted octanol–water partition coefficient (Wildman–Crippen LogP) is 6.74. The van der Waals surface area contributed by atoms with Gasteiger partial charge in [-0.15, -0.1) is 0 Å². The minimum atomic E-state index is -2.74. The van der Waals surface area contributed by atoms with Gasteiger partial charge in [-0.3, -0.25) is 4.90 Å². The zero-order valence-corrected chi connectivity index (χ0v) is 23.6. The third kappa shape index (κ3) is 5.47. The summed E-state index contributed by atoms with van der Waals surface area (Å²) in [5, 5.41) is 7.18. The van der Waals surface area contributed by atoms with E-state index in [0.29, 0.717) is 39.2 Å². The van der Waals surface area contributed by atoms with Crippen LogP contribution >= 0.6 is 18.7 Å². The topological polar surface area (TPSA) is 70.2 Å². The van der Waals surface area contributed by atoms with Crippen molar-refractivity contribution in [1.82, 2.24) is 14.9 Å². The molecule has 1 aromatic heterocycles. The van der Waals surface area contributed by atoms with Gasteiger partial charge in [-0.2, -0.15) is 4.98 Å². The van der Waals surface area contributed by atoms with Crippen LogP contribution in [0, 0.1) is 11.2 Å². The van der Waals surface area contributed by atoms with E-state index in [1.807, 2.05) is 0 Å². The molecule has 1 unspecified atom stereocenters. The summed E-state index contributed by atoms with van der Waals surface area (Å²) in [6, 6.07) is 11.4. The summed E-state index contributed by atoms with van der Waals surface area (Å²) in [5.41, 5.74) is 4.94. The average molecular weight is 554 g/mol. The maximum Gasteiger partial charge on any atom is 0.229 e. The first-order chi connectivity index (χ1) is 18.2. The van der Waals surface area contributed by atoms with E-state index in [2.05, 4.69) is 43.7 Å². The van der Waals surface area contributed by atoms with Crippen LogP contribution in [0.3, 0.4) is 0 Å². The number of benzene rings is 2. The Morgan fingerprint density at radius 3 is 2.58 bits per heavy atom. The molecule has 1 saturated heterocycles. The fourth-order valence-electron chi connectivity index (χ4n) is 6.03. The molecule has 3 aliphatic rings. The Labute approximate surface area is 228 Å². The number of fused-ring (bicyclic) bond motifs is 1. The lowest BCUT2D eigenvalue weighted by molar-refractivity contribution is 0.212. The minimum absolute atomic E-state index is 0.315. The molecule has 38 heavy (non-hydrogen) atoms. The van der Waals surface area contributed by atoms with E-state index in [9.17, 15) is 8.96 Å². The van der Waals surface area contributed by atoms with Gasteiger partial charge in [-0.25, -0.2) is 9.37 Å². The monoisotopic (exact) mass is 553 g/mol. The van der Waals surface area contributed by atoms with Crippen molar-refractivity contribution in [3.63, 3.8) is 0 Å². The van der Waals surface area contributed by atoms with Gasteiger partial charge in [0.2, 0.25) is 5.95 Å². The van der Waals surface area contributed by atoms with Crippen LogP contribution in [0.4, 0.5) is 27.5 Å². The summed E-state index contributed by atoms with van der Waals surface area (Å²) in [7, 11) is -2.74. The molecule has 1 aliphatic heterocycles. The number of hydrogen-bond donors (Lipinski definition) is 2. The molecule has 6 rings (SSSR count). The third-order valence-corrected chi connectivity index (χ3v) is 10.2. The van der Waals surface area contributed by atoms with E-state index in [0.717, 1.165) is 18.5 Å². The van der Waals surface area contributed by atoms with Gasteiger partial charge in [0.15, 0.2) is 5.82 Å². The molecule has 200 valence electrons. The van der Waals surface area contributed by atoms with E-state index in [-0.39, 0.29) is 0 Å². The van der Waals surface area contributed by atoms with Crippen LogP contribution in [0.2, 0.25) is 5.02 Å². The Morgan fingerprint density at radius 1 is 1.05 bits per heavy atom. The lowest BCUT2D eigenvalue weighted by Gasteiger charge is -2.26. The van der Waals surface area contributed by atoms with Crippen molar-refractivity contribution in [2.24, 2.45) is 5.41 Å². The molecule has 3 aromatic rings. The highest BCUT2D eigenvalue weighted by atomic mass is 35.5. The fourth-order valence-corrected chi connectivity index (χ4v) is 7.31. The van der Waals surface area contributed by atoms with Crippen LogP contribution in [0.1, 0.15) is 43.2 Å². The highest BCUT2D eigenvalue weighted by Crippen LogP contribution is 2.53. The summed E-state index contributed by atoms with van der Waals surface area (Å²) < 4.78 is 26.6. The highest BCUT2D eigenvalue weighted by molar-refractivity contribution is 7.70. The van der Waals surface area contributed by atoms with Gasteiger partial charge in [-0.05, 0) is 112 Å². The van der Waals surface area contributed by atoms with E-state index < -0.39 is 13.0 Å². The van der Waals surface area contributed by atoms with Gasteiger partial charge in [-0.1, -0.05) is 17.7 Å². The van der Waals surface area contributed by atoms with Crippen LogP contribution in [-0.4, -0.2) is 47.3 Å². The van der Waals surface area contributed by atoms with Crippen molar-refractivity contribution in [1.29, 1.82) is 0 Å². The molecule has 0 radical (unpaired) electrons. The predicted molar refractivity (Wildman–Crippen MR) is 154 cm³/mol. The number of anilines is 4. The minimum Gasteiger partial charge on any atom is -0.338 e. The number of halogens is 2. The van der Waals surface area contributed by atoms with Gasteiger partial charge in [0.05, 0.1) is 11.9 Å². The summed E-state index contributed by atoms with van der Waals surface area (Å²) in [6.45, 7) is 5.79. The Morgan fingerprint density at radius 2 is 1.84 bits per heavy atom. The van der Waals surface area contributed by atoms with Crippen molar-refractivity contribution < 1.29 is 8.96 Å². The molecule has 0 amide bonds. The molecule has 2 N–H and O–H groups in total. The third-order valence-electron chi connectivity index (χ3n) is 8.43. The number of likely N-dealkylation sites (tertiary alicyclic amines) is 1. The lowest BCUT2D eigenvalue weighted by atomic mass is 10.0. The van der Waals surface area contributed by atoms with Crippen LogP contribution in [-0.2, 0) is 17.4 Å². The Balaban J connectivity index is 1.17. The number of rotatable bonds is 6. The van der Waals surface area contributed by atoms with Gasteiger partial charge in [0.25, 0.3) is 0 Å².